The summed E-state index contributed by atoms with van der Waals surface area (Å²) in [6, 6.07) is 4.34. The molecule has 1 aromatic heterocycles. The van der Waals surface area contributed by atoms with Crippen molar-refractivity contribution in [2.24, 2.45) is 0 Å². The number of aliphatic carboxylic acids is 2. The van der Waals surface area contributed by atoms with Crippen molar-refractivity contribution in [3.8, 4) is 0 Å². The van der Waals surface area contributed by atoms with Crippen molar-refractivity contribution in [2.75, 3.05) is 10.6 Å². The van der Waals surface area contributed by atoms with Crippen LogP contribution in [-0.2, 0) is 19.2 Å². The first kappa shape index (κ1) is 16.6. The van der Waals surface area contributed by atoms with Crippen LogP contribution in [0.25, 0.3) is 0 Å². The molecule has 1 rings (SSSR count). The number of hydrogen-bond donors (Lipinski definition) is 4. The molecule has 0 fully saturated rings. The first-order valence-electron chi connectivity index (χ1n) is 5.78. The first-order valence-corrected chi connectivity index (χ1v) is 5.78. The number of carbonyl (C=O) groups is 4. The summed E-state index contributed by atoms with van der Waals surface area (Å²) in [6.45, 7) is 0. The van der Waals surface area contributed by atoms with Gasteiger partial charge in [-0.15, -0.1) is 0 Å². The third-order valence-corrected chi connectivity index (χ3v) is 2.01. The Labute approximate surface area is 124 Å². The molecule has 0 unspecified atom stereocenters. The summed E-state index contributed by atoms with van der Waals surface area (Å²) in [6.07, 6.45) is 2.95. The summed E-state index contributed by atoms with van der Waals surface area (Å²) in [5, 5.41) is 21.4. The minimum absolute atomic E-state index is 0.0834. The second kappa shape index (κ2) is 7.94. The van der Waals surface area contributed by atoms with Crippen LogP contribution in [0.5, 0.6) is 0 Å². The van der Waals surface area contributed by atoms with E-state index >= 15 is 0 Å². The van der Waals surface area contributed by atoms with Crippen molar-refractivity contribution in [3.05, 3.63) is 42.5 Å². The number of carboxylic acid groups (broad SMARTS) is 2. The fraction of sp³-hybridized carbons (Fsp3) is 0. The molecular formula is C13H11N3O6. The zero-order valence-electron chi connectivity index (χ0n) is 11.0. The minimum atomic E-state index is -1.27. The Morgan fingerprint density at radius 3 is 1.59 bits per heavy atom. The highest BCUT2D eigenvalue weighted by Crippen LogP contribution is 2.09. The van der Waals surface area contributed by atoms with Gasteiger partial charge in [0.2, 0.25) is 11.8 Å². The van der Waals surface area contributed by atoms with E-state index < -0.39 is 23.8 Å². The molecule has 1 aromatic rings. The molecule has 0 spiro atoms. The molecule has 0 aromatic carbocycles. The second-order valence-electron chi connectivity index (χ2n) is 3.73. The van der Waals surface area contributed by atoms with Crippen molar-refractivity contribution in [2.45, 2.75) is 0 Å². The first-order chi connectivity index (χ1) is 10.4. The molecular weight excluding hydrogens is 294 g/mol. The lowest BCUT2D eigenvalue weighted by molar-refractivity contribution is -0.132. The molecule has 0 bridgehead atoms. The normalized spacial score (nSPS) is 10.5. The summed E-state index contributed by atoms with van der Waals surface area (Å²) in [7, 11) is 0. The van der Waals surface area contributed by atoms with Gasteiger partial charge in [0.05, 0.1) is 0 Å². The zero-order chi connectivity index (χ0) is 16.5. The number of carbonyl (C=O) groups excluding carboxylic acids is 2. The van der Waals surface area contributed by atoms with E-state index in [4.69, 9.17) is 10.2 Å². The van der Waals surface area contributed by atoms with E-state index in [2.05, 4.69) is 15.6 Å². The molecule has 9 heteroatoms. The lowest BCUT2D eigenvalue weighted by atomic mass is 10.4. The third kappa shape index (κ3) is 6.61. The fourth-order valence-corrected chi connectivity index (χ4v) is 1.20. The van der Waals surface area contributed by atoms with Crippen LogP contribution in [0, 0.1) is 0 Å². The lowest BCUT2D eigenvalue weighted by Crippen LogP contribution is -2.13. The van der Waals surface area contributed by atoms with Gasteiger partial charge in [-0.25, -0.2) is 14.6 Å². The number of amides is 2. The van der Waals surface area contributed by atoms with Crippen LogP contribution >= 0.6 is 0 Å². The SMILES string of the molecule is O=C(O)C=CC(=O)Nc1cccc(NC(=O)/C=C\C(=O)O)n1. The van der Waals surface area contributed by atoms with E-state index in [0.29, 0.717) is 12.2 Å². The molecule has 0 saturated carbocycles. The lowest BCUT2D eigenvalue weighted by Gasteiger charge is -2.05. The predicted octanol–water partition coefficient (Wildman–Crippen LogP) is 0.240. The Balaban J connectivity index is 2.70. The van der Waals surface area contributed by atoms with Crippen LogP contribution in [-0.4, -0.2) is 39.0 Å². The van der Waals surface area contributed by atoms with E-state index in [9.17, 15) is 19.2 Å². The van der Waals surface area contributed by atoms with Gasteiger partial charge in [0.25, 0.3) is 0 Å². The molecule has 1 heterocycles. The maximum Gasteiger partial charge on any atom is 0.328 e. The van der Waals surface area contributed by atoms with E-state index in [1.54, 1.807) is 0 Å². The number of rotatable bonds is 6. The summed E-state index contributed by atoms with van der Waals surface area (Å²) in [5.74, 6) is -3.78. The summed E-state index contributed by atoms with van der Waals surface area (Å²) in [4.78, 5) is 47.1. The van der Waals surface area contributed by atoms with Crippen LogP contribution in [0.3, 0.4) is 0 Å². The smallest absolute Gasteiger partial charge is 0.328 e. The predicted molar refractivity (Wildman–Crippen MR) is 75.0 cm³/mol. The molecule has 0 radical (unpaired) electrons. The van der Waals surface area contributed by atoms with Crippen LogP contribution < -0.4 is 10.6 Å². The highest BCUT2D eigenvalue weighted by molar-refractivity contribution is 6.03. The molecule has 4 N–H and O–H groups in total. The minimum Gasteiger partial charge on any atom is -0.478 e. The van der Waals surface area contributed by atoms with Gasteiger partial charge in [-0.1, -0.05) is 6.07 Å². The second-order valence-corrected chi connectivity index (χ2v) is 3.73. The Bertz CT molecular complexity index is 612. The molecule has 22 heavy (non-hydrogen) atoms. The van der Waals surface area contributed by atoms with Gasteiger partial charge in [0.15, 0.2) is 0 Å². The molecule has 0 aliphatic rings. The van der Waals surface area contributed by atoms with Gasteiger partial charge >= 0.3 is 11.9 Å². The van der Waals surface area contributed by atoms with Gasteiger partial charge < -0.3 is 20.8 Å². The number of carboxylic acids is 2. The molecule has 9 nitrogen and oxygen atoms in total. The average Bonchev–Trinajstić information content (AvgIpc) is 2.43. The van der Waals surface area contributed by atoms with Crippen LogP contribution in [0.1, 0.15) is 0 Å². The van der Waals surface area contributed by atoms with E-state index in [-0.39, 0.29) is 11.6 Å². The van der Waals surface area contributed by atoms with Gasteiger partial charge in [-0.2, -0.15) is 0 Å². The van der Waals surface area contributed by atoms with Crippen molar-refractivity contribution in [3.63, 3.8) is 0 Å². The Morgan fingerprint density at radius 1 is 0.818 bits per heavy atom. The molecule has 0 atom stereocenters. The third-order valence-electron chi connectivity index (χ3n) is 2.01. The number of hydrogen-bond acceptors (Lipinski definition) is 5. The maximum absolute atomic E-state index is 11.4. The Morgan fingerprint density at radius 2 is 1.23 bits per heavy atom. The van der Waals surface area contributed by atoms with Crippen molar-refractivity contribution in [1.29, 1.82) is 0 Å². The number of pyridine rings is 1. The molecule has 0 aliphatic carbocycles. The highest BCUT2D eigenvalue weighted by Gasteiger charge is 2.04. The van der Waals surface area contributed by atoms with Crippen molar-refractivity contribution in [1.82, 2.24) is 4.98 Å². The number of aromatic nitrogens is 1. The van der Waals surface area contributed by atoms with Gasteiger partial charge in [0, 0.05) is 24.3 Å². The highest BCUT2D eigenvalue weighted by atomic mass is 16.4. The Hall–Kier alpha value is -3.49. The summed E-state index contributed by atoms with van der Waals surface area (Å²) in [5.41, 5.74) is 0. The van der Waals surface area contributed by atoms with Gasteiger partial charge in [-0.05, 0) is 12.1 Å². The average molecular weight is 305 g/mol. The molecule has 2 amide bonds. The van der Waals surface area contributed by atoms with E-state index in [1.807, 2.05) is 0 Å². The summed E-state index contributed by atoms with van der Waals surface area (Å²) < 4.78 is 0. The molecule has 114 valence electrons. The number of anilines is 2. The quantitative estimate of drug-likeness (QED) is 0.550. The topological polar surface area (TPSA) is 146 Å². The van der Waals surface area contributed by atoms with Gasteiger partial charge in [0.1, 0.15) is 11.6 Å². The number of nitrogens with zero attached hydrogens (tertiary/aromatic N) is 1. The zero-order valence-corrected chi connectivity index (χ0v) is 11.0. The van der Waals surface area contributed by atoms with Gasteiger partial charge in [-0.3, -0.25) is 9.59 Å². The standard InChI is InChI=1S/C13H11N3O6/c17-10(4-6-12(19)20)15-8-2-1-3-9(14-8)16-11(18)5-7-13(21)22/h1-7H,(H,19,20)(H,21,22)(H2,14,15,16,17,18)/b6-4-,7-5?. The fourth-order valence-electron chi connectivity index (χ4n) is 1.20. The summed E-state index contributed by atoms with van der Waals surface area (Å²) >= 11 is 0. The monoisotopic (exact) mass is 305 g/mol. The van der Waals surface area contributed by atoms with E-state index in [1.165, 1.54) is 18.2 Å². The Kier molecular flexibility index (Phi) is 5.98. The molecule has 0 aliphatic heterocycles. The number of nitrogens with one attached hydrogen (secondary N) is 2. The molecule has 0 saturated heterocycles. The van der Waals surface area contributed by atoms with Crippen LogP contribution in [0.2, 0.25) is 0 Å². The van der Waals surface area contributed by atoms with E-state index in [0.717, 1.165) is 12.2 Å². The largest absolute Gasteiger partial charge is 0.478 e. The maximum atomic E-state index is 11.4. The van der Waals surface area contributed by atoms with Crippen molar-refractivity contribution < 1.29 is 29.4 Å². The van der Waals surface area contributed by atoms with Crippen LogP contribution in [0.15, 0.2) is 42.5 Å². The van der Waals surface area contributed by atoms with Crippen LogP contribution in [0.4, 0.5) is 11.6 Å². The van der Waals surface area contributed by atoms with Crippen molar-refractivity contribution >= 4 is 35.4 Å².